The minimum Gasteiger partial charge on any atom is -0.294 e. The van der Waals surface area contributed by atoms with Gasteiger partial charge in [0.15, 0.2) is 5.78 Å². The number of nitrogens with zero attached hydrogens (tertiary/aromatic N) is 1. The first-order valence-corrected chi connectivity index (χ1v) is 4.78. The average Bonchev–Trinajstić information content (AvgIpc) is 2.27. The van der Waals surface area contributed by atoms with Crippen molar-refractivity contribution in [3.8, 4) is 0 Å². The molecule has 0 aliphatic carbocycles. The molecule has 0 spiro atoms. The van der Waals surface area contributed by atoms with Gasteiger partial charge in [-0.25, -0.2) is 0 Å². The van der Waals surface area contributed by atoms with Crippen molar-refractivity contribution in [1.29, 1.82) is 0 Å². The maximum Gasteiger partial charge on any atom is 0.277 e. The Morgan fingerprint density at radius 3 is 2.31 bits per heavy atom. The van der Waals surface area contributed by atoms with E-state index in [9.17, 15) is 14.9 Å². The summed E-state index contributed by atoms with van der Waals surface area (Å²) in [5, 5.41) is 11.9. The molecule has 80 valence electrons. The summed E-state index contributed by atoms with van der Waals surface area (Å²) in [6.45, 7) is 1.45. The summed E-state index contributed by atoms with van der Waals surface area (Å²) in [7, 11) is 0. The van der Waals surface area contributed by atoms with Crippen LogP contribution in [0.4, 0.5) is 5.69 Å². The van der Waals surface area contributed by atoms with Crippen molar-refractivity contribution in [2.45, 2.75) is 6.92 Å². The SMILES string of the molecule is CC(=O)c1ccc([N+](=O)[O-])c2ccccc12. The normalized spacial score (nSPS) is 10.3. The molecule has 0 N–H and O–H groups in total. The zero-order chi connectivity index (χ0) is 11.7. The Kier molecular flexibility index (Phi) is 2.40. The van der Waals surface area contributed by atoms with Gasteiger partial charge in [-0.15, -0.1) is 0 Å². The molecule has 0 amide bonds. The first kappa shape index (κ1) is 10.3. The van der Waals surface area contributed by atoms with Gasteiger partial charge in [0.25, 0.3) is 5.69 Å². The van der Waals surface area contributed by atoms with Gasteiger partial charge in [0.1, 0.15) is 0 Å². The molecular weight excluding hydrogens is 206 g/mol. The van der Waals surface area contributed by atoms with Gasteiger partial charge in [-0.05, 0) is 24.4 Å². The average molecular weight is 215 g/mol. The van der Waals surface area contributed by atoms with Crippen molar-refractivity contribution in [2.24, 2.45) is 0 Å². The molecule has 0 unspecified atom stereocenters. The van der Waals surface area contributed by atoms with Crippen molar-refractivity contribution < 1.29 is 9.72 Å². The van der Waals surface area contributed by atoms with Gasteiger partial charge in [0.05, 0.1) is 10.3 Å². The van der Waals surface area contributed by atoms with E-state index in [2.05, 4.69) is 0 Å². The van der Waals surface area contributed by atoms with E-state index in [1.807, 2.05) is 0 Å². The van der Waals surface area contributed by atoms with Gasteiger partial charge in [0, 0.05) is 11.6 Å². The van der Waals surface area contributed by atoms with Crippen LogP contribution in [0.25, 0.3) is 10.8 Å². The molecule has 0 saturated carbocycles. The molecule has 0 heterocycles. The van der Waals surface area contributed by atoms with Crippen molar-refractivity contribution >= 4 is 22.2 Å². The van der Waals surface area contributed by atoms with Crippen LogP contribution in [0.1, 0.15) is 17.3 Å². The molecule has 0 aromatic heterocycles. The number of rotatable bonds is 2. The van der Waals surface area contributed by atoms with E-state index in [-0.39, 0.29) is 11.5 Å². The standard InChI is InChI=1S/C12H9NO3/c1-8(14)9-6-7-12(13(15)16)11-5-3-2-4-10(9)11/h2-7H,1H3. The highest BCUT2D eigenvalue weighted by atomic mass is 16.6. The molecule has 2 aromatic rings. The van der Waals surface area contributed by atoms with Crippen molar-refractivity contribution in [2.75, 3.05) is 0 Å². The highest BCUT2D eigenvalue weighted by Crippen LogP contribution is 2.28. The van der Waals surface area contributed by atoms with Crippen molar-refractivity contribution in [3.63, 3.8) is 0 Å². The number of benzene rings is 2. The van der Waals surface area contributed by atoms with Gasteiger partial charge < -0.3 is 0 Å². The fourth-order valence-electron chi connectivity index (χ4n) is 1.75. The number of nitro groups is 1. The molecule has 2 aromatic carbocycles. The van der Waals surface area contributed by atoms with E-state index in [1.165, 1.54) is 19.1 Å². The number of ketones is 1. The van der Waals surface area contributed by atoms with Crippen LogP contribution < -0.4 is 0 Å². The van der Waals surface area contributed by atoms with Crippen LogP contribution in [0.15, 0.2) is 36.4 Å². The van der Waals surface area contributed by atoms with Crippen molar-refractivity contribution in [3.05, 3.63) is 52.1 Å². The first-order valence-electron chi connectivity index (χ1n) is 4.78. The maximum absolute atomic E-state index is 11.4. The van der Waals surface area contributed by atoms with Gasteiger partial charge in [-0.1, -0.05) is 18.2 Å². The van der Waals surface area contributed by atoms with Gasteiger partial charge in [0.2, 0.25) is 0 Å². The lowest BCUT2D eigenvalue weighted by molar-refractivity contribution is -0.383. The second kappa shape index (κ2) is 3.73. The lowest BCUT2D eigenvalue weighted by atomic mass is 10.0. The van der Waals surface area contributed by atoms with Crippen LogP contribution in [0.2, 0.25) is 0 Å². The van der Waals surface area contributed by atoms with Crippen LogP contribution in [0.3, 0.4) is 0 Å². The molecule has 0 aliphatic heterocycles. The molecular formula is C12H9NO3. The summed E-state index contributed by atoms with van der Waals surface area (Å²) in [6, 6.07) is 9.73. The monoisotopic (exact) mass is 215 g/mol. The maximum atomic E-state index is 11.4. The fourth-order valence-corrected chi connectivity index (χ4v) is 1.75. The minimum atomic E-state index is -0.438. The Bertz CT molecular complexity index is 537. The van der Waals surface area contributed by atoms with E-state index in [1.54, 1.807) is 24.3 Å². The number of non-ortho nitro benzene ring substituents is 1. The first-order chi connectivity index (χ1) is 7.61. The Morgan fingerprint density at radius 2 is 1.75 bits per heavy atom. The van der Waals surface area contributed by atoms with E-state index in [0.29, 0.717) is 16.3 Å². The molecule has 0 radical (unpaired) electrons. The Balaban J connectivity index is 2.87. The zero-order valence-corrected chi connectivity index (χ0v) is 8.64. The van der Waals surface area contributed by atoms with Crippen LogP contribution in [-0.2, 0) is 0 Å². The predicted octanol–water partition coefficient (Wildman–Crippen LogP) is 2.95. The van der Waals surface area contributed by atoms with Gasteiger partial charge >= 0.3 is 0 Å². The van der Waals surface area contributed by atoms with E-state index < -0.39 is 4.92 Å². The van der Waals surface area contributed by atoms with Crippen LogP contribution in [0.5, 0.6) is 0 Å². The highest BCUT2D eigenvalue weighted by molar-refractivity contribution is 6.09. The van der Waals surface area contributed by atoms with Crippen molar-refractivity contribution in [1.82, 2.24) is 0 Å². The highest BCUT2D eigenvalue weighted by Gasteiger charge is 2.15. The van der Waals surface area contributed by atoms with Crippen LogP contribution in [-0.4, -0.2) is 10.7 Å². The van der Waals surface area contributed by atoms with E-state index in [4.69, 9.17) is 0 Å². The molecule has 0 fully saturated rings. The largest absolute Gasteiger partial charge is 0.294 e. The Morgan fingerprint density at radius 1 is 1.12 bits per heavy atom. The smallest absolute Gasteiger partial charge is 0.277 e. The molecule has 4 nitrogen and oxygen atoms in total. The fraction of sp³-hybridized carbons (Fsp3) is 0.0833. The summed E-state index contributed by atoms with van der Waals surface area (Å²) >= 11 is 0. The molecule has 2 rings (SSSR count). The summed E-state index contributed by atoms with van der Waals surface area (Å²) < 4.78 is 0. The molecule has 0 saturated heterocycles. The second-order valence-electron chi connectivity index (χ2n) is 3.49. The Labute approximate surface area is 91.7 Å². The zero-order valence-electron chi connectivity index (χ0n) is 8.64. The number of hydrogen-bond acceptors (Lipinski definition) is 3. The third-order valence-corrected chi connectivity index (χ3v) is 2.48. The number of carbonyl (C=O) groups excluding carboxylic acids is 1. The minimum absolute atomic E-state index is 0.0283. The van der Waals surface area contributed by atoms with Crippen LogP contribution in [0, 0.1) is 10.1 Å². The molecule has 0 aliphatic rings. The molecule has 16 heavy (non-hydrogen) atoms. The Hall–Kier alpha value is -2.23. The summed E-state index contributed by atoms with van der Waals surface area (Å²) in [4.78, 5) is 21.7. The molecule has 0 bridgehead atoms. The predicted molar refractivity (Wildman–Crippen MR) is 60.6 cm³/mol. The third kappa shape index (κ3) is 1.54. The van der Waals surface area contributed by atoms with Gasteiger partial charge in [-0.3, -0.25) is 14.9 Å². The van der Waals surface area contributed by atoms with Crippen LogP contribution >= 0.6 is 0 Å². The molecule has 4 heteroatoms. The summed E-state index contributed by atoms with van der Waals surface area (Å²) in [5.41, 5.74) is 0.543. The lowest BCUT2D eigenvalue weighted by Gasteiger charge is -2.03. The third-order valence-electron chi connectivity index (χ3n) is 2.48. The van der Waals surface area contributed by atoms with E-state index >= 15 is 0 Å². The summed E-state index contributed by atoms with van der Waals surface area (Å²) in [5.74, 6) is -0.0916. The van der Waals surface area contributed by atoms with E-state index in [0.717, 1.165) is 0 Å². The van der Waals surface area contributed by atoms with Gasteiger partial charge in [-0.2, -0.15) is 0 Å². The number of hydrogen-bond donors (Lipinski definition) is 0. The lowest BCUT2D eigenvalue weighted by Crippen LogP contribution is -1.96. The number of nitro benzene ring substituents is 1. The molecule has 0 atom stereocenters. The number of Topliss-reactive ketones (excluding diaryl/α,β-unsaturated/α-hetero) is 1. The topological polar surface area (TPSA) is 60.2 Å². The number of carbonyl (C=O) groups is 1. The second-order valence-corrected chi connectivity index (χ2v) is 3.49. The summed E-state index contributed by atoms with van der Waals surface area (Å²) in [6.07, 6.45) is 0. The quantitative estimate of drug-likeness (QED) is 0.439. The number of fused-ring (bicyclic) bond motifs is 1.